The zero-order valence-corrected chi connectivity index (χ0v) is 12.2. The predicted octanol–water partition coefficient (Wildman–Crippen LogP) is 3.59. The zero-order chi connectivity index (χ0) is 14.5. The van der Waals surface area contributed by atoms with Gasteiger partial charge in [0.2, 0.25) is 0 Å². The molecule has 0 aliphatic carbocycles. The Morgan fingerprint density at radius 1 is 1.25 bits per heavy atom. The molecule has 0 aliphatic heterocycles. The van der Waals surface area contributed by atoms with Gasteiger partial charge in [0.25, 0.3) is 5.91 Å². The molecule has 0 spiro atoms. The lowest BCUT2D eigenvalue weighted by Gasteiger charge is -2.10. The van der Waals surface area contributed by atoms with Crippen molar-refractivity contribution in [3.63, 3.8) is 0 Å². The minimum atomic E-state index is -0.162. The zero-order valence-electron chi connectivity index (χ0n) is 11.4. The van der Waals surface area contributed by atoms with Crippen LogP contribution in [-0.2, 0) is 6.54 Å². The van der Waals surface area contributed by atoms with E-state index in [1.165, 1.54) is 0 Å². The highest BCUT2D eigenvalue weighted by Crippen LogP contribution is 2.19. The first-order chi connectivity index (χ1) is 9.60. The molecular weight excluding hydrogens is 274 g/mol. The number of nitrogens with one attached hydrogen (secondary N) is 1. The van der Waals surface area contributed by atoms with Crippen LogP contribution in [0.25, 0.3) is 0 Å². The summed E-state index contributed by atoms with van der Waals surface area (Å²) in [7, 11) is 1.55. The maximum Gasteiger partial charge on any atom is 0.255 e. The molecule has 1 amide bonds. The van der Waals surface area contributed by atoms with E-state index in [1.54, 1.807) is 19.2 Å². The maximum atomic E-state index is 12.2. The minimum Gasteiger partial charge on any atom is -0.496 e. The van der Waals surface area contributed by atoms with Crippen molar-refractivity contribution >= 4 is 17.5 Å². The van der Waals surface area contributed by atoms with Crippen LogP contribution in [0.2, 0.25) is 5.02 Å². The molecule has 104 valence electrons. The van der Waals surface area contributed by atoms with Crippen molar-refractivity contribution in [2.75, 3.05) is 7.11 Å². The van der Waals surface area contributed by atoms with Crippen LogP contribution in [0.5, 0.6) is 5.75 Å². The molecule has 3 nitrogen and oxygen atoms in total. The summed E-state index contributed by atoms with van der Waals surface area (Å²) in [4.78, 5) is 12.2. The Kier molecular flexibility index (Phi) is 4.64. The molecule has 20 heavy (non-hydrogen) atoms. The first kappa shape index (κ1) is 14.4. The second-order valence-electron chi connectivity index (χ2n) is 4.52. The number of carbonyl (C=O) groups excluding carboxylic acids is 1. The standard InChI is InChI=1S/C16H16ClNO2/c1-11-6-7-15(20-2)14(8-11)16(19)18-10-12-4-3-5-13(17)9-12/h3-9H,10H2,1-2H3,(H,18,19). The summed E-state index contributed by atoms with van der Waals surface area (Å²) in [6.07, 6.45) is 0. The largest absolute Gasteiger partial charge is 0.496 e. The Morgan fingerprint density at radius 3 is 2.75 bits per heavy atom. The molecule has 0 saturated carbocycles. The van der Waals surface area contributed by atoms with E-state index in [2.05, 4.69) is 5.32 Å². The molecule has 0 heterocycles. The average Bonchev–Trinajstić information content (AvgIpc) is 2.45. The Morgan fingerprint density at radius 2 is 2.05 bits per heavy atom. The van der Waals surface area contributed by atoms with E-state index in [0.717, 1.165) is 11.1 Å². The van der Waals surface area contributed by atoms with Crippen LogP contribution in [0.4, 0.5) is 0 Å². The Hall–Kier alpha value is -2.00. The summed E-state index contributed by atoms with van der Waals surface area (Å²) >= 11 is 5.91. The highest BCUT2D eigenvalue weighted by atomic mass is 35.5. The summed E-state index contributed by atoms with van der Waals surface area (Å²) < 4.78 is 5.21. The number of methoxy groups -OCH3 is 1. The van der Waals surface area contributed by atoms with Gasteiger partial charge in [0.05, 0.1) is 12.7 Å². The van der Waals surface area contributed by atoms with E-state index in [4.69, 9.17) is 16.3 Å². The molecule has 0 unspecified atom stereocenters. The van der Waals surface area contributed by atoms with Gasteiger partial charge < -0.3 is 10.1 Å². The van der Waals surface area contributed by atoms with Gasteiger partial charge in [-0.25, -0.2) is 0 Å². The third kappa shape index (κ3) is 3.52. The SMILES string of the molecule is COc1ccc(C)cc1C(=O)NCc1cccc(Cl)c1. The van der Waals surface area contributed by atoms with Gasteiger partial charge in [-0.05, 0) is 36.8 Å². The number of halogens is 1. The lowest BCUT2D eigenvalue weighted by atomic mass is 10.1. The number of benzene rings is 2. The van der Waals surface area contributed by atoms with Gasteiger partial charge in [0.15, 0.2) is 0 Å². The lowest BCUT2D eigenvalue weighted by molar-refractivity contribution is 0.0948. The molecule has 2 aromatic carbocycles. The quantitative estimate of drug-likeness (QED) is 0.934. The van der Waals surface area contributed by atoms with Gasteiger partial charge >= 0.3 is 0 Å². The fourth-order valence-corrected chi connectivity index (χ4v) is 2.14. The number of hydrogen-bond donors (Lipinski definition) is 1. The highest BCUT2D eigenvalue weighted by molar-refractivity contribution is 6.30. The van der Waals surface area contributed by atoms with Crippen molar-refractivity contribution in [2.24, 2.45) is 0 Å². The number of amides is 1. The van der Waals surface area contributed by atoms with Crippen LogP contribution in [0, 0.1) is 6.92 Å². The first-order valence-corrected chi connectivity index (χ1v) is 6.65. The van der Waals surface area contributed by atoms with Crippen LogP contribution < -0.4 is 10.1 Å². The molecule has 0 saturated heterocycles. The van der Waals surface area contributed by atoms with Crippen molar-refractivity contribution in [3.05, 3.63) is 64.2 Å². The van der Waals surface area contributed by atoms with E-state index in [1.807, 2.05) is 37.3 Å². The van der Waals surface area contributed by atoms with Crippen molar-refractivity contribution in [1.82, 2.24) is 5.32 Å². The molecule has 1 N–H and O–H groups in total. The number of rotatable bonds is 4. The Balaban J connectivity index is 2.10. The first-order valence-electron chi connectivity index (χ1n) is 6.27. The number of hydrogen-bond acceptors (Lipinski definition) is 2. The van der Waals surface area contributed by atoms with Gasteiger partial charge in [-0.15, -0.1) is 0 Å². The van der Waals surface area contributed by atoms with Crippen LogP contribution >= 0.6 is 11.6 Å². The predicted molar refractivity (Wildman–Crippen MR) is 80.4 cm³/mol. The van der Waals surface area contributed by atoms with Crippen LogP contribution in [0.1, 0.15) is 21.5 Å². The summed E-state index contributed by atoms with van der Waals surface area (Å²) in [6, 6.07) is 12.9. The summed E-state index contributed by atoms with van der Waals surface area (Å²) in [5, 5.41) is 3.52. The molecule has 0 atom stereocenters. The number of aryl methyl sites for hydroxylation is 1. The van der Waals surface area contributed by atoms with Gasteiger partial charge in [-0.1, -0.05) is 35.4 Å². The normalized spacial score (nSPS) is 10.2. The molecular formula is C16H16ClNO2. The monoisotopic (exact) mass is 289 g/mol. The van der Waals surface area contributed by atoms with Crippen LogP contribution in [-0.4, -0.2) is 13.0 Å². The topological polar surface area (TPSA) is 38.3 Å². The van der Waals surface area contributed by atoms with Gasteiger partial charge in [0, 0.05) is 11.6 Å². The molecule has 0 radical (unpaired) electrons. The molecule has 0 aromatic heterocycles. The van der Waals surface area contributed by atoms with Crippen molar-refractivity contribution in [2.45, 2.75) is 13.5 Å². The van der Waals surface area contributed by atoms with Crippen LogP contribution in [0.15, 0.2) is 42.5 Å². The van der Waals surface area contributed by atoms with Crippen molar-refractivity contribution in [3.8, 4) is 5.75 Å². The molecule has 2 aromatic rings. The molecule has 4 heteroatoms. The summed E-state index contributed by atoms with van der Waals surface area (Å²) in [5.74, 6) is 0.407. The van der Waals surface area contributed by atoms with Gasteiger partial charge in [-0.3, -0.25) is 4.79 Å². The molecule has 0 bridgehead atoms. The average molecular weight is 290 g/mol. The fraction of sp³-hybridized carbons (Fsp3) is 0.188. The molecule has 0 fully saturated rings. The minimum absolute atomic E-state index is 0.162. The van der Waals surface area contributed by atoms with Gasteiger partial charge in [-0.2, -0.15) is 0 Å². The number of ether oxygens (including phenoxy) is 1. The van der Waals surface area contributed by atoms with E-state index >= 15 is 0 Å². The summed E-state index contributed by atoms with van der Waals surface area (Å²) in [5.41, 5.74) is 2.51. The fourth-order valence-electron chi connectivity index (χ4n) is 1.92. The van der Waals surface area contributed by atoms with Gasteiger partial charge in [0.1, 0.15) is 5.75 Å². The Bertz CT molecular complexity index is 626. The molecule has 2 rings (SSSR count). The lowest BCUT2D eigenvalue weighted by Crippen LogP contribution is -2.23. The smallest absolute Gasteiger partial charge is 0.255 e. The Labute approximate surface area is 123 Å². The van der Waals surface area contributed by atoms with E-state index < -0.39 is 0 Å². The summed E-state index contributed by atoms with van der Waals surface area (Å²) in [6.45, 7) is 2.36. The van der Waals surface area contributed by atoms with E-state index in [-0.39, 0.29) is 5.91 Å². The maximum absolute atomic E-state index is 12.2. The third-order valence-electron chi connectivity index (χ3n) is 2.94. The van der Waals surface area contributed by atoms with Crippen LogP contribution in [0.3, 0.4) is 0 Å². The van der Waals surface area contributed by atoms with E-state index in [9.17, 15) is 4.79 Å². The molecule has 0 aliphatic rings. The van der Waals surface area contributed by atoms with Crippen molar-refractivity contribution in [1.29, 1.82) is 0 Å². The van der Waals surface area contributed by atoms with E-state index in [0.29, 0.717) is 22.9 Å². The second kappa shape index (κ2) is 6.44. The second-order valence-corrected chi connectivity index (χ2v) is 4.95. The highest BCUT2D eigenvalue weighted by Gasteiger charge is 2.12. The number of carbonyl (C=O) groups is 1. The third-order valence-corrected chi connectivity index (χ3v) is 3.18. The van der Waals surface area contributed by atoms with Crippen molar-refractivity contribution < 1.29 is 9.53 Å².